The highest BCUT2D eigenvalue weighted by molar-refractivity contribution is 7.46. The van der Waals surface area contributed by atoms with E-state index in [2.05, 4.69) is 54.8 Å². The molecule has 0 aromatic carbocycles. The van der Waals surface area contributed by atoms with Gasteiger partial charge < -0.3 is 19.3 Å². The molecule has 0 spiro atoms. The zero-order valence-electron chi connectivity index (χ0n) is 32.8. The molecule has 0 aliphatic rings. The summed E-state index contributed by atoms with van der Waals surface area (Å²) in [6.07, 6.45) is 44.3. The van der Waals surface area contributed by atoms with Crippen molar-refractivity contribution < 1.29 is 37.9 Å². The second-order valence-electron chi connectivity index (χ2n) is 14.0. The van der Waals surface area contributed by atoms with Crippen molar-refractivity contribution in [2.24, 2.45) is 0 Å². The van der Waals surface area contributed by atoms with E-state index in [1.165, 1.54) is 96.3 Å². The molecule has 0 fully saturated rings. The number of esters is 2. The molecule has 0 saturated heterocycles. The summed E-state index contributed by atoms with van der Waals surface area (Å²) in [5, 5.41) is 0. The Bertz CT molecular complexity index is 926. The summed E-state index contributed by atoms with van der Waals surface area (Å²) in [6, 6.07) is 0. The number of rotatable bonds is 38. The summed E-state index contributed by atoms with van der Waals surface area (Å²) in [5.74, 6) is -0.897. The molecule has 0 aromatic heterocycles. The normalized spacial score (nSPS) is 12.8. The third-order valence-electron chi connectivity index (χ3n) is 8.88. The van der Waals surface area contributed by atoms with E-state index < -0.39 is 32.5 Å². The fourth-order valence-electron chi connectivity index (χ4n) is 5.75. The first kappa shape index (κ1) is 49.3. The zero-order chi connectivity index (χ0) is 37.5. The second-order valence-corrected chi connectivity index (χ2v) is 15.2. The summed E-state index contributed by atoms with van der Waals surface area (Å²) < 4.78 is 26.4. The number of carbonyl (C=O) groups excluding carboxylic acids is 2. The second kappa shape index (κ2) is 38.0. The summed E-state index contributed by atoms with van der Waals surface area (Å²) in [6.45, 7) is 3.64. The Hall–Kier alpha value is -1.73. The first-order valence-corrected chi connectivity index (χ1v) is 22.3. The van der Waals surface area contributed by atoms with Crippen LogP contribution in [0, 0.1) is 0 Å². The maximum absolute atomic E-state index is 12.4. The topological polar surface area (TPSA) is 119 Å². The minimum atomic E-state index is -4.75. The Kier molecular flexibility index (Phi) is 36.7. The fraction of sp³-hybridized carbons (Fsp3) is 0.810. The monoisotopic (exact) mass is 741 g/mol. The minimum Gasteiger partial charge on any atom is -0.462 e. The third kappa shape index (κ3) is 40.9. The molecule has 0 amide bonds. The van der Waals surface area contributed by atoms with Crippen LogP contribution in [0.1, 0.15) is 200 Å². The van der Waals surface area contributed by atoms with Gasteiger partial charge in [0.1, 0.15) is 6.61 Å². The molecule has 0 aliphatic heterocycles. The molecule has 2 N–H and O–H groups in total. The van der Waals surface area contributed by atoms with Gasteiger partial charge in [-0.1, -0.05) is 153 Å². The van der Waals surface area contributed by atoms with Crippen molar-refractivity contribution in [3.05, 3.63) is 36.5 Å². The van der Waals surface area contributed by atoms with E-state index in [0.717, 1.165) is 64.2 Å². The number of hydrogen-bond donors (Lipinski definition) is 2. The van der Waals surface area contributed by atoms with Crippen LogP contribution in [0.4, 0.5) is 0 Å². The first-order valence-electron chi connectivity index (χ1n) is 20.8. The number of phosphoric acid groups is 1. The van der Waals surface area contributed by atoms with E-state index in [1.54, 1.807) is 0 Å². The molecule has 9 heteroatoms. The lowest BCUT2D eigenvalue weighted by Gasteiger charge is -2.18. The maximum Gasteiger partial charge on any atom is 0.469 e. The Morgan fingerprint density at radius 1 is 0.510 bits per heavy atom. The SMILES string of the molecule is CCCCC/C=C\C/C=C\CCCCCCCCCCCC(=O)OC(COC(=O)CCCCCCC/C=C\CCCCCCC)COP(=O)(O)O. The van der Waals surface area contributed by atoms with Gasteiger partial charge in [0.05, 0.1) is 6.61 Å². The highest BCUT2D eigenvalue weighted by Gasteiger charge is 2.22. The largest absolute Gasteiger partial charge is 0.469 e. The van der Waals surface area contributed by atoms with Gasteiger partial charge in [-0.15, -0.1) is 0 Å². The molecule has 298 valence electrons. The third-order valence-corrected chi connectivity index (χ3v) is 9.37. The van der Waals surface area contributed by atoms with Crippen LogP contribution in [0.5, 0.6) is 0 Å². The lowest BCUT2D eigenvalue weighted by atomic mass is 10.1. The van der Waals surface area contributed by atoms with E-state index in [-0.39, 0.29) is 19.4 Å². The van der Waals surface area contributed by atoms with Gasteiger partial charge in [-0.25, -0.2) is 4.57 Å². The molecule has 1 atom stereocenters. The van der Waals surface area contributed by atoms with Gasteiger partial charge in [0.25, 0.3) is 0 Å². The summed E-state index contributed by atoms with van der Waals surface area (Å²) >= 11 is 0. The van der Waals surface area contributed by atoms with Crippen LogP contribution in [0.2, 0.25) is 0 Å². The van der Waals surface area contributed by atoms with Crippen LogP contribution < -0.4 is 0 Å². The van der Waals surface area contributed by atoms with E-state index in [1.807, 2.05) is 0 Å². The van der Waals surface area contributed by atoms with Crippen molar-refractivity contribution in [2.45, 2.75) is 206 Å². The average Bonchev–Trinajstić information content (AvgIpc) is 3.10. The predicted molar refractivity (Wildman–Crippen MR) is 211 cm³/mol. The van der Waals surface area contributed by atoms with Crippen molar-refractivity contribution in [1.29, 1.82) is 0 Å². The van der Waals surface area contributed by atoms with Crippen LogP contribution in [0.3, 0.4) is 0 Å². The number of unbranched alkanes of at least 4 members (excludes halogenated alkanes) is 22. The predicted octanol–water partition coefficient (Wildman–Crippen LogP) is 12.6. The van der Waals surface area contributed by atoms with Crippen molar-refractivity contribution in [1.82, 2.24) is 0 Å². The molecule has 51 heavy (non-hydrogen) atoms. The van der Waals surface area contributed by atoms with E-state index in [4.69, 9.17) is 19.3 Å². The Morgan fingerprint density at radius 2 is 0.882 bits per heavy atom. The van der Waals surface area contributed by atoms with Crippen LogP contribution >= 0.6 is 7.82 Å². The molecular weight excluding hydrogens is 663 g/mol. The summed E-state index contributed by atoms with van der Waals surface area (Å²) in [4.78, 5) is 42.8. The standard InChI is InChI=1S/C42H77O8P/c1-3-5-7-9-11-13-15-17-19-20-21-22-23-25-27-29-31-33-35-37-42(44)50-40(39-49-51(45,46)47)38-48-41(43)36-34-32-30-28-26-24-18-16-14-12-10-8-6-4-2/h11,13,16-19,40H,3-10,12,14-15,20-39H2,1-2H3,(H2,45,46,47)/b13-11-,18-16-,19-17-. The molecular formula is C42H77O8P. The highest BCUT2D eigenvalue weighted by Crippen LogP contribution is 2.36. The van der Waals surface area contributed by atoms with E-state index in [0.29, 0.717) is 12.8 Å². The van der Waals surface area contributed by atoms with Crippen molar-refractivity contribution in [3.8, 4) is 0 Å². The van der Waals surface area contributed by atoms with Crippen LogP contribution in [-0.2, 0) is 28.2 Å². The summed E-state index contributed by atoms with van der Waals surface area (Å²) in [7, 11) is -4.75. The lowest BCUT2D eigenvalue weighted by Crippen LogP contribution is -2.29. The number of ether oxygens (including phenoxy) is 2. The maximum atomic E-state index is 12.4. The molecule has 1 unspecified atom stereocenters. The van der Waals surface area contributed by atoms with Gasteiger partial charge in [0.2, 0.25) is 0 Å². The molecule has 0 aromatic rings. The first-order chi connectivity index (χ1) is 24.8. The Morgan fingerprint density at radius 3 is 1.35 bits per heavy atom. The zero-order valence-corrected chi connectivity index (χ0v) is 33.6. The molecule has 0 bridgehead atoms. The smallest absolute Gasteiger partial charge is 0.462 e. The van der Waals surface area contributed by atoms with Gasteiger partial charge in [0, 0.05) is 12.8 Å². The number of allylic oxidation sites excluding steroid dienone is 6. The Balaban J connectivity index is 3.92. The van der Waals surface area contributed by atoms with Crippen LogP contribution in [0.15, 0.2) is 36.5 Å². The molecule has 8 nitrogen and oxygen atoms in total. The molecule has 0 rings (SSSR count). The van der Waals surface area contributed by atoms with Crippen LogP contribution in [-0.4, -0.2) is 41.0 Å². The van der Waals surface area contributed by atoms with Crippen molar-refractivity contribution in [3.63, 3.8) is 0 Å². The number of hydrogen-bond acceptors (Lipinski definition) is 6. The molecule has 0 heterocycles. The Labute approximate surface area is 312 Å². The minimum absolute atomic E-state index is 0.206. The molecule has 0 aliphatic carbocycles. The van der Waals surface area contributed by atoms with E-state index in [9.17, 15) is 14.2 Å². The number of carbonyl (C=O) groups is 2. The van der Waals surface area contributed by atoms with Gasteiger partial charge in [-0.05, 0) is 70.6 Å². The van der Waals surface area contributed by atoms with Gasteiger partial charge in [0.15, 0.2) is 6.10 Å². The quantitative estimate of drug-likeness (QED) is 0.0278. The van der Waals surface area contributed by atoms with Gasteiger partial charge in [-0.3, -0.25) is 14.1 Å². The van der Waals surface area contributed by atoms with Crippen LogP contribution in [0.25, 0.3) is 0 Å². The molecule has 0 saturated carbocycles. The molecule has 0 radical (unpaired) electrons. The highest BCUT2D eigenvalue weighted by atomic mass is 31.2. The van der Waals surface area contributed by atoms with Crippen molar-refractivity contribution in [2.75, 3.05) is 13.2 Å². The van der Waals surface area contributed by atoms with Gasteiger partial charge >= 0.3 is 19.8 Å². The van der Waals surface area contributed by atoms with Crippen molar-refractivity contribution >= 4 is 19.8 Å². The number of phosphoric ester groups is 1. The average molecular weight is 741 g/mol. The fourth-order valence-corrected chi connectivity index (χ4v) is 6.11. The lowest BCUT2D eigenvalue weighted by molar-refractivity contribution is -0.161. The summed E-state index contributed by atoms with van der Waals surface area (Å²) in [5.41, 5.74) is 0. The van der Waals surface area contributed by atoms with Gasteiger partial charge in [-0.2, -0.15) is 0 Å². The van der Waals surface area contributed by atoms with E-state index >= 15 is 0 Å².